The highest BCUT2D eigenvalue weighted by Crippen LogP contribution is 2.52. The van der Waals surface area contributed by atoms with E-state index in [4.69, 9.17) is 0 Å². The van der Waals surface area contributed by atoms with Crippen LogP contribution >= 0.6 is 15.9 Å². The van der Waals surface area contributed by atoms with Crippen LogP contribution in [0.4, 0.5) is 0 Å². The monoisotopic (exact) mass is 581 g/mol. The molecule has 1 aromatic heterocycles. The van der Waals surface area contributed by atoms with Crippen molar-refractivity contribution in [1.29, 1.82) is 0 Å². The van der Waals surface area contributed by atoms with Gasteiger partial charge in [0.15, 0.2) is 11.6 Å². The quantitative estimate of drug-likeness (QED) is 0.284. The smallest absolute Gasteiger partial charge is 0.352 e. The average Bonchev–Trinajstić information content (AvgIpc) is 3.21. The molecule has 0 radical (unpaired) electrons. The molecule has 3 aromatic carbocycles. The summed E-state index contributed by atoms with van der Waals surface area (Å²) in [6.45, 7) is 0.106. The van der Waals surface area contributed by atoms with Crippen LogP contribution in [0.1, 0.15) is 23.9 Å². The lowest BCUT2D eigenvalue weighted by atomic mass is 9.68. The maximum atomic E-state index is 13.8. The summed E-state index contributed by atoms with van der Waals surface area (Å²) in [6, 6.07) is 19.0. The number of Topliss-reactive ketones (excluding diaryl/α,β-unsaturated/α-hetero) is 1. The van der Waals surface area contributed by atoms with Gasteiger partial charge in [-0.3, -0.25) is 9.59 Å². The molecule has 7 rings (SSSR count). The van der Waals surface area contributed by atoms with Crippen molar-refractivity contribution in [2.45, 2.75) is 24.9 Å². The van der Waals surface area contributed by atoms with Crippen LogP contribution in [0.3, 0.4) is 0 Å². The number of ketones is 2. The molecule has 3 aliphatic rings. The molecule has 1 aliphatic heterocycles. The largest absolute Gasteiger partial charge is 0.507 e. The van der Waals surface area contributed by atoms with E-state index in [2.05, 4.69) is 15.9 Å². The Kier molecular flexibility index (Phi) is 5.15. The number of carbonyl (C=O) groups excluding carboxylic acids is 2. The Hall–Kier alpha value is -4.50. The third-order valence-corrected chi connectivity index (χ3v) is 8.44. The Bertz CT molecular complexity index is 1970. The number of para-hydroxylation sites is 1. The van der Waals surface area contributed by atoms with Crippen molar-refractivity contribution in [1.82, 2.24) is 13.9 Å². The summed E-state index contributed by atoms with van der Waals surface area (Å²) in [5.41, 5.74) is 1.15. The zero-order valence-electron chi connectivity index (χ0n) is 20.4. The van der Waals surface area contributed by atoms with Crippen LogP contribution in [0, 0.1) is 0 Å². The number of rotatable bonds is 2. The fourth-order valence-electron chi connectivity index (χ4n) is 6.14. The highest BCUT2D eigenvalue weighted by atomic mass is 79.9. The molecule has 1 N–H and O–H groups in total. The first-order valence-electron chi connectivity index (χ1n) is 12.5. The van der Waals surface area contributed by atoms with Gasteiger partial charge in [0.1, 0.15) is 5.75 Å². The molecular formula is C30H20BrN3O5. The van der Waals surface area contributed by atoms with Crippen molar-refractivity contribution in [3.05, 3.63) is 127 Å². The van der Waals surface area contributed by atoms with E-state index in [1.807, 2.05) is 30.3 Å². The number of benzene rings is 3. The molecule has 39 heavy (non-hydrogen) atoms. The number of fused-ring (bicyclic) bond motifs is 4. The van der Waals surface area contributed by atoms with Gasteiger partial charge in [-0.2, -0.15) is 0 Å². The standard InChI is InChI=1S/C30H20BrN3O5/c31-22-15-24(35)26-21(28(22)37)14-23-19(25(26)20-11-10-16-6-4-5-9-18(16)27(20)36)12-13-32-29(38)33(30(39)34(23)32)17-7-2-1-3-8-17/h1-12,15,23,25,36H,13-14H2/t23-,25-/m1/s1. The fourth-order valence-corrected chi connectivity index (χ4v) is 6.58. The number of halogens is 1. The van der Waals surface area contributed by atoms with Crippen LogP contribution in [-0.2, 0) is 16.1 Å². The minimum atomic E-state index is -0.771. The molecule has 2 atom stereocenters. The first kappa shape index (κ1) is 23.6. The predicted molar refractivity (Wildman–Crippen MR) is 148 cm³/mol. The SMILES string of the molecule is O=C1C=C(Br)C(=O)C2=C1[C@@H](c1ccc3ccccc3c1O)C1=CCn3c(=O)n(-c4ccccc4)c(=O)n3[C@@H]1C2. The summed E-state index contributed by atoms with van der Waals surface area (Å²) in [5.74, 6) is -1.43. The predicted octanol–water partition coefficient (Wildman–Crippen LogP) is 4.06. The first-order valence-corrected chi connectivity index (χ1v) is 13.3. The van der Waals surface area contributed by atoms with E-state index < -0.39 is 23.3 Å². The number of aromatic hydroxyl groups is 1. The van der Waals surface area contributed by atoms with Gasteiger partial charge >= 0.3 is 11.4 Å². The fraction of sp³-hybridized carbons (Fsp3) is 0.133. The molecule has 4 aromatic rings. The maximum Gasteiger partial charge on any atom is 0.352 e. The van der Waals surface area contributed by atoms with Crippen molar-refractivity contribution in [3.63, 3.8) is 0 Å². The van der Waals surface area contributed by atoms with Gasteiger partial charge in [-0.05, 0) is 39.0 Å². The van der Waals surface area contributed by atoms with Crippen molar-refractivity contribution < 1.29 is 14.7 Å². The highest BCUT2D eigenvalue weighted by Gasteiger charge is 2.45. The molecule has 0 amide bonds. The molecule has 0 unspecified atom stereocenters. The molecular weight excluding hydrogens is 562 g/mol. The van der Waals surface area contributed by atoms with Gasteiger partial charge < -0.3 is 5.11 Å². The number of phenols is 1. The zero-order valence-corrected chi connectivity index (χ0v) is 22.0. The summed E-state index contributed by atoms with van der Waals surface area (Å²) in [4.78, 5) is 54.0. The van der Waals surface area contributed by atoms with Crippen molar-refractivity contribution in [2.24, 2.45) is 0 Å². The molecule has 0 bridgehead atoms. The Morgan fingerprint density at radius 2 is 1.62 bits per heavy atom. The van der Waals surface area contributed by atoms with Crippen molar-refractivity contribution in [3.8, 4) is 11.4 Å². The normalized spacial score (nSPS) is 20.3. The third-order valence-electron chi connectivity index (χ3n) is 7.86. The van der Waals surface area contributed by atoms with Gasteiger partial charge in [0.2, 0.25) is 0 Å². The van der Waals surface area contributed by atoms with E-state index >= 15 is 0 Å². The number of hydrogen-bond acceptors (Lipinski definition) is 5. The van der Waals surface area contributed by atoms with Crippen LogP contribution in [0.2, 0.25) is 0 Å². The second-order valence-corrected chi connectivity index (χ2v) is 10.7. The van der Waals surface area contributed by atoms with Crippen LogP contribution in [0.5, 0.6) is 5.75 Å². The molecule has 2 heterocycles. The molecule has 0 fully saturated rings. The minimum Gasteiger partial charge on any atom is -0.507 e. The second kappa shape index (κ2) is 8.51. The van der Waals surface area contributed by atoms with Crippen LogP contribution in [-0.4, -0.2) is 30.6 Å². The lowest BCUT2D eigenvalue weighted by Gasteiger charge is -2.39. The van der Waals surface area contributed by atoms with Gasteiger partial charge in [0, 0.05) is 40.5 Å². The van der Waals surface area contributed by atoms with Crippen LogP contribution < -0.4 is 11.4 Å². The topological polar surface area (TPSA) is 103 Å². The van der Waals surface area contributed by atoms with E-state index in [0.29, 0.717) is 27.8 Å². The van der Waals surface area contributed by atoms with Gasteiger partial charge in [-0.25, -0.2) is 23.5 Å². The number of carbonyl (C=O) groups is 2. The lowest BCUT2D eigenvalue weighted by molar-refractivity contribution is -0.115. The molecule has 9 heteroatoms. The Morgan fingerprint density at radius 1 is 0.872 bits per heavy atom. The Morgan fingerprint density at radius 3 is 2.41 bits per heavy atom. The van der Waals surface area contributed by atoms with Gasteiger partial charge in [-0.1, -0.05) is 60.7 Å². The average molecular weight is 582 g/mol. The van der Waals surface area contributed by atoms with E-state index in [1.165, 1.54) is 15.4 Å². The summed E-state index contributed by atoms with van der Waals surface area (Å²) in [5, 5.41) is 12.9. The van der Waals surface area contributed by atoms with E-state index in [-0.39, 0.29) is 40.3 Å². The summed E-state index contributed by atoms with van der Waals surface area (Å²) in [6.07, 6.45) is 3.18. The number of nitrogens with zero attached hydrogens (tertiary/aromatic N) is 3. The highest BCUT2D eigenvalue weighted by molar-refractivity contribution is 9.12. The third kappa shape index (κ3) is 3.29. The van der Waals surface area contributed by atoms with Gasteiger partial charge in [0.25, 0.3) is 0 Å². The molecule has 8 nitrogen and oxygen atoms in total. The number of phenolic OH excluding ortho intramolecular Hbond substituents is 1. The number of aromatic nitrogens is 3. The molecule has 0 spiro atoms. The summed E-state index contributed by atoms with van der Waals surface area (Å²) < 4.78 is 4.02. The van der Waals surface area contributed by atoms with Crippen molar-refractivity contribution in [2.75, 3.05) is 0 Å². The van der Waals surface area contributed by atoms with Gasteiger partial charge in [0.05, 0.1) is 22.8 Å². The van der Waals surface area contributed by atoms with Gasteiger partial charge in [-0.15, -0.1) is 0 Å². The summed E-state index contributed by atoms with van der Waals surface area (Å²) in [7, 11) is 0. The minimum absolute atomic E-state index is 0.0116. The number of allylic oxidation sites excluding steroid dienone is 6. The van der Waals surface area contributed by atoms with E-state index in [0.717, 1.165) is 9.95 Å². The molecule has 0 saturated carbocycles. The maximum absolute atomic E-state index is 13.8. The van der Waals surface area contributed by atoms with E-state index in [1.54, 1.807) is 42.5 Å². The molecule has 2 aliphatic carbocycles. The Labute approximate surface area is 229 Å². The van der Waals surface area contributed by atoms with Crippen LogP contribution in [0.15, 0.2) is 110 Å². The second-order valence-electron chi connectivity index (χ2n) is 9.82. The van der Waals surface area contributed by atoms with E-state index in [9.17, 15) is 24.3 Å². The molecule has 0 saturated heterocycles. The first-order chi connectivity index (χ1) is 18.9. The lowest BCUT2D eigenvalue weighted by Crippen LogP contribution is -2.40. The zero-order chi connectivity index (χ0) is 27.0. The van der Waals surface area contributed by atoms with Crippen molar-refractivity contribution >= 4 is 38.3 Å². The number of hydrogen-bond donors (Lipinski definition) is 1. The summed E-state index contributed by atoms with van der Waals surface area (Å²) >= 11 is 3.22. The molecule has 192 valence electrons. The Balaban J connectivity index is 1.49. The van der Waals surface area contributed by atoms with Crippen LogP contribution in [0.25, 0.3) is 16.5 Å².